The van der Waals surface area contributed by atoms with E-state index in [1.165, 1.54) is 10.4 Å². The normalized spacial score (nSPS) is 17.6. The first-order chi connectivity index (χ1) is 10.3. The third kappa shape index (κ3) is 3.31. The van der Waals surface area contributed by atoms with Crippen molar-refractivity contribution in [1.29, 1.82) is 0 Å². The van der Waals surface area contributed by atoms with Crippen molar-refractivity contribution < 1.29 is 4.74 Å². The van der Waals surface area contributed by atoms with Gasteiger partial charge in [0.05, 0.1) is 13.2 Å². The molecule has 0 saturated carbocycles. The van der Waals surface area contributed by atoms with Crippen LogP contribution in [0, 0.1) is 0 Å². The van der Waals surface area contributed by atoms with Crippen LogP contribution in [0.2, 0.25) is 0 Å². The van der Waals surface area contributed by atoms with Gasteiger partial charge < -0.3 is 10.1 Å². The number of ether oxygens (including phenoxy) is 1. The van der Waals surface area contributed by atoms with Gasteiger partial charge >= 0.3 is 0 Å². The van der Waals surface area contributed by atoms with E-state index in [0.717, 1.165) is 36.4 Å². The quantitative estimate of drug-likeness (QED) is 0.895. The van der Waals surface area contributed by atoms with Gasteiger partial charge in [0.15, 0.2) is 0 Å². The van der Waals surface area contributed by atoms with Crippen LogP contribution in [0.1, 0.15) is 16.5 Å². The van der Waals surface area contributed by atoms with Gasteiger partial charge in [0.1, 0.15) is 5.75 Å². The fourth-order valence-corrected chi connectivity index (χ4v) is 4.09. The molecule has 1 saturated heterocycles. The number of nitrogens with one attached hydrogen (secondary N) is 1. The Balaban J connectivity index is 2.04. The molecule has 1 aliphatic rings. The Kier molecular flexibility index (Phi) is 4.95. The van der Waals surface area contributed by atoms with E-state index in [-0.39, 0.29) is 6.04 Å². The standard InChI is InChI=1S/C16H19BrN2OS/c1-20-14-5-4-12(17)11-13(14)16(15-3-2-10-21-15)19-8-6-18-7-9-19/h2-5,10-11,16,18H,6-9H2,1H3/t16-/m1/s1. The summed E-state index contributed by atoms with van der Waals surface area (Å²) in [7, 11) is 1.75. The highest BCUT2D eigenvalue weighted by Gasteiger charge is 2.27. The van der Waals surface area contributed by atoms with Gasteiger partial charge in [-0.05, 0) is 29.6 Å². The van der Waals surface area contributed by atoms with Gasteiger partial charge in [0.25, 0.3) is 0 Å². The Morgan fingerprint density at radius 1 is 1.29 bits per heavy atom. The molecule has 0 spiro atoms. The summed E-state index contributed by atoms with van der Waals surface area (Å²) >= 11 is 5.41. The minimum Gasteiger partial charge on any atom is -0.496 e. The van der Waals surface area contributed by atoms with Gasteiger partial charge in [-0.3, -0.25) is 4.90 Å². The van der Waals surface area contributed by atoms with Crippen LogP contribution in [0.3, 0.4) is 0 Å². The molecule has 0 bridgehead atoms. The van der Waals surface area contributed by atoms with Gasteiger partial charge in [-0.2, -0.15) is 0 Å². The number of methoxy groups -OCH3 is 1. The number of hydrogen-bond donors (Lipinski definition) is 1. The van der Waals surface area contributed by atoms with Crippen LogP contribution in [-0.2, 0) is 0 Å². The monoisotopic (exact) mass is 366 g/mol. The number of nitrogens with zero attached hydrogens (tertiary/aromatic N) is 1. The number of hydrogen-bond acceptors (Lipinski definition) is 4. The van der Waals surface area contributed by atoms with Crippen LogP contribution in [0.4, 0.5) is 0 Å². The van der Waals surface area contributed by atoms with Crippen molar-refractivity contribution in [1.82, 2.24) is 10.2 Å². The summed E-state index contributed by atoms with van der Waals surface area (Å²) in [5, 5.41) is 5.58. The number of thiophene rings is 1. The van der Waals surface area contributed by atoms with E-state index in [1.54, 1.807) is 7.11 Å². The molecule has 5 heteroatoms. The number of rotatable bonds is 4. The zero-order valence-corrected chi connectivity index (χ0v) is 14.4. The molecule has 0 aliphatic carbocycles. The van der Waals surface area contributed by atoms with E-state index in [9.17, 15) is 0 Å². The SMILES string of the molecule is COc1ccc(Br)cc1[C@H](c1cccs1)N1CCNCC1. The van der Waals surface area contributed by atoms with Crippen molar-refractivity contribution in [3.63, 3.8) is 0 Å². The molecule has 1 aromatic heterocycles. The summed E-state index contributed by atoms with van der Waals surface area (Å²) in [6.45, 7) is 4.19. The van der Waals surface area contributed by atoms with E-state index < -0.39 is 0 Å². The molecule has 3 nitrogen and oxygen atoms in total. The van der Waals surface area contributed by atoms with Crippen molar-refractivity contribution in [2.45, 2.75) is 6.04 Å². The van der Waals surface area contributed by atoms with E-state index in [0.29, 0.717) is 0 Å². The third-order valence-electron chi connectivity index (χ3n) is 3.82. The maximum Gasteiger partial charge on any atom is 0.124 e. The fraction of sp³-hybridized carbons (Fsp3) is 0.375. The molecule has 3 rings (SSSR count). The van der Waals surface area contributed by atoms with Crippen LogP contribution >= 0.6 is 27.3 Å². The Morgan fingerprint density at radius 3 is 2.76 bits per heavy atom. The zero-order chi connectivity index (χ0) is 14.7. The number of benzene rings is 1. The van der Waals surface area contributed by atoms with Crippen LogP contribution in [0.15, 0.2) is 40.2 Å². The average Bonchev–Trinajstić information content (AvgIpc) is 3.03. The van der Waals surface area contributed by atoms with Crippen LogP contribution in [0.5, 0.6) is 5.75 Å². The Hall–Kier alpha value is -0.880. The Morgan fingerprint density at radius 2 is 2.10 bits per heavy atom. The van der Waals surface area contributed by atoms with Gasteiger partial charge in [0, 0.05) is 41.1 Å². The van der Waals surface area contributed by atoms with Crippen molar-refractivity contribution in [2.75, 3.05) is 33.3 Å². The van der Waals surface area contributed by atoms with E-state index in [1.807, 2.05) is 23.5 Å². The average molecular weight is 367 g/mol. The summed E-state index contributed by atoms with van der Waals surface area (Å²) in [6.07, 6.45) is 0. The minimum absolute atomic E-state index is 0.263. The lowest BCUT2D eigenvalue weighted by atomic mass is 10.0. The molecule has 1 N–H and O–H groups in total. The highest BCUT2D eigenvalue weighted by Crippen LogP contribution is 2.38. The highest BCUT2D eigenvalue weighted by molar-refractivity contribution is 9.10. The maximum atomic E-state index is 5.61. The molecule has 0 unspecified atom stereocenters. The molecule has 1 aromatic carbocycles. The lowest BCUT2D eigenvalue weighted by Crippen LogP contribution is -2.45. The summed E-state index contributed by atoms with van der Waals surface area (Å²) in [5.74, 6) is 0.954. The van der Waals surface area contributed by atoms with Crippen molar-refractivity contribution in [2.24, 2.45) is 0 Å². The van der Waals surface area contributed by atoms with Gasteiger partial charge in [-0.1, -0.05) is 22.0 Å². The molecular formula is C16H19BrN2OS. The predicted molar refractivity (Wildman–Crippen MR) is 91.3 cm³/mol. The molecule has 1 aliphatic heterocycles. The lowest BCUT2D eigenvalue weighted by Gasteiger charge is -2.35. The largest absolute Gasteiger partial charge is 0.496 e. The molecule has 0 radical (unpaired) electrons. The van der Waals surface area contributed by atoms with E-state index in [4.69, 9.17) is 4.74 Å². The molecule has 0 amide bonds. The molecule has 2 heterocycles. The number of piperazine rings is 1. The molecule has 1 atom stereocenters. The minimum atomic E-state index is 0.263. The second-order valence-corrected chi connectivity index (χ2v) is 6.99. The molecular weight excluding hydrogens is 348 g/mol. The summed E-state index contributed by atoms with van der Waals surface area (Å²) in [6, 6.07) is 10.9. The van der Waals surface area contributed by atoms with E-state index in [2.05, 4.69) is 49.7 Å². The van der Waals surface area contributed by atoms with Crippen molar-refractivity contribution in [3.8, 4) is 5.75 Å². The summed E-state index contributed by atoms with van der Waals surface area (Å²) in [4.78, 5) is 3.90. The van der Waals surface area contributed by atoms with Gasteiger partial charge in [-0.25, -0.2) is 0 Å². The number of halogens is 1. The third-order valence-corrected chi connectivity index (χ3v) is 5.23. The smallest absolute Gasteiger partial charge is 0.124 e. The summed E-state index contributed by atoms with van der Waals surface area (Å²) in [5.41, 5.74) is 1.23. The predicted octanol–water partition coefficient (Wildman–Crippen LogP) is 3.51. The van der Waals surface area contributed by atoms with Crippen LogP contribution < -0.4 is 10.1 Å². The highest BCUT2D eigenvalue weighted by atomic mass is 79.9. The van der Waals surface area contributed by atoms with Crippen LogP contribution in [-0.4, -0.2) is 38.2 Å². The first-order valence-electron chi connectivity index (χ1n) is 7.11. The Labute approximate surface area is 138 Å². The zero-order valence-electron chi connectivity index (χ0n) is 12.0. The summed E-state index contributed by atoms with van der Waals surface area (Å²) < 4.78 is 6.70. The van der Waals surface area contributed by atoms with Gasteiger partial charge in [-0.15, -0.1) is 11.3 Å². The molecule has 112 valence electrons. The van der Waals surface area contributed by atoms with Crippen LogP contribution in [0.25, 0.3) is 0 Å². The first-order valence-corrected chi connectivity index (χ1v) is 8.78. The fourth-order valence-electron chi connectivity index (χ4n) is 2.84. The van der Waals surface area contributed by atoms with Crippen molar-refractivity contribution in [3.05, 3.63) is 50.6 Å². The van der Waals surface area contributed by atoms with E-state index >= 15 is 0 Å². The lowest BCUT2D eigenvalue weighted by molar-refractivity contribution is 0.197. The molecule has 1 fully saturated rings. The second-order valence-electron chi connectivity index (χ2n) is 5.09. The van der Waals surface area contributed by atoms with Crippen molar-refractivity contribution >= 4 is 27.3 Å². The molecule has 2 aromatic rings. The van der Waals surface area contributed by atoms with Gasteiger partial charge in [0.2, 0.25) is 0 Å². The first kappa shape index (κ1) is 15.0. The second kappa shape index (κ2) is 6.92. The Bertz CT molecular complexity index is 582. The maximum absolute atomic E-state index is 5.61. The topological polar surface area (TPSA) is 24.5 Å². The molecule has 21 heavy (non-hydrogen) atoms.